The van der Waals surface area contributed by atoms with Crippen molar-refractivity contribution in [3.8, 4) is 0 Å². The van der Waals surface area contributed by atoms with Gasteiger partial charge in [0.05, 0.1) is 13.2 Å². The summed E-state index contributed by atoms with van der Waals surface area (Å²) in [5.41, 5.74) is 0. The van der Waals surface area contributed by atoms with Crippen molar-refractivity contribution < 1.29 is 9.47 Å². The van der Waals surface area contributed by atoms with Crippen LogP contribution in [-0.4, -0.2) is 26.9 Å². The number of ether oxygens (including phenoxy) is 2. The van der Waals surface area contributed by atoms with Crippen molar-refractivity contribution >= 4 is 0 Å². The van der Waals surface area contributed by atoms with Gasteiger partial charge < -0.3 is 9.47 Å². The summed E-state index contributed by atoms with van der Waals surface area (Å²) in [5, 5.41) is 0. The maximum absolute atomic E-state index is 5.46. The first-order valence-corrected chi connectivity index (χ1v) is 9.48. The lowest BCUT2D eigenvalue weighted by Gasteiger charge is -2.04. The largest absolute Gasteiger partial charge is 0.382 e. The molecule has 0 rings (SSSR count). The van der Waals surface area contributed by atoms with E-state index >= 15 is 0 Å². The van der Waals surface area contributed by atoms with Gasteiger partial charge in [0.15, 0.2) is 0 Å². The summed E-state index contributed by atoms with van der Waals surface area (Å²) in [7, 11) is 1.72. The molecule has 0 aromatic rings. The fourth-order valence-electron chi connectivity index (χ4n) is 2.64. The zero-order valence-corrected chi connectivity index (χ0v) is 14.8. The Hall–Kier alpha value is -0.0800. The minimum Gasteiger partial charge on any atom is -0.382 e. The molecule has 0 atom stereocenters. The van der Waals surface area contributed by atoms with E-state index in [2.05, 4.69) is 6.92 Å². The van der Waals surface area contributed by atoms with Gasteiger partial charge in [0.25, 0.3) is 0 Å². The van der Waals surface area contributed by atoms with Gasteiger partial charge in [0, 0.05) is 13.7 Å². The van der Waals surface area contributed by atoms with Crippen LogP contribution in [0.25, 0.3) is 0 Å². The number of hydrogen-bond donors (Lipinski definition) is 0. The molecule has 0 saturated carbocycles. The summed E-state index contributed by atoms with van der Waals surface area (Å²) in [4.78, 5) is 0. The zero-order valence-electron chi connectivity index (χ0n) is 14.8. The van der Waals surface area contributed by atoms with Gasteiger partial charge in [-0.2, -0.15) is 0 Å². The van der Waals surface area contributed by atoms with Gasteiger partial charge in [0.1, 0.15) is 0 Å². The van der Waals surface area contributed by atoms with Crippen molar-refractivity contribution in [2.75, 3.05) is 26.9 Å². The highest BCUT2D eigenvalue weighted by Gasteiger charge is 1.94. The van der Waals surface area contributed by atoms with E-state index in [9.17, 15) is 0 Å². The average Bonchev–Trinajstić information content (AvgIpc) is 2.50. The Kier molecular flexibility index (Phi) is 19.8. The van der Waals surface area contributed by atoms with Gasteiger partial charge in [-0.15, -0.1) is 0 Å². The van der Waals surface area contributed by atoms with E-state index in [0.29, 0.717) is 0 Å². The monoisotopic (exact) mass is 300 g/mol. The molecule has 0 aromatic heterocycles. The van der Waals surface area contributed by atoms with Gasteiger partial charge >= 0.3 is 0 Å². The second-order valence-corrected chi connectivity index (χ2v) is 6.20. The number of rotatable bonds is 18. The van der Waals surface area contributed by atoms with Crippen LogP contribution in [0.4, 0.5) is 0 Å². The normalized spacial score (nSPS) is 11.1. The molecule has 0 aliphatic carbocycles. The van der Waals surface area contributed by atoms with Crippen molar-refractivity contribution in [2.24, 2.45) is 0 Å². The van der Waals surface area contributed by atoms with Crippen molar-refractivity contribution in [2.45, 2.75) is 96.8 Å². The fourth-order valence-corrected chi connectivity index (χ4v) is 2.64. The molecule has 0 heterocycles. The maximum atomic E-state index is 5.46. The highest BCUT2D eigenvalue weighted by molar-refractivity contribution is 4.49. The first kappa shape index (κ1) is 20.9. The van der Waals surface area contributed by atoms with E-state index in [1.165, 1.54) is 89.9 Å². The second-order valence-electron chi connectivity index (χ2n) is 6.20. The number of methoxy groups -OCH3 is 1. The Morgan fingerprint density at radius 3 is 1.33 bits per heavy atom. The van der Waals surface area contributed by atoms with Crippen molar-refractivity contribution in [1.82, 2.24) is 0 Å². The summed E-state index contributed by atoms with van der Waals surface area (Å²) in [6, 6.07) is 0. The van der Waals surface area contributed by atoms with E-state index in [0.717, 1.165) is 19.8 Å². The predicted octanol–water partition coefficient (Wildman–Crippen LogP) is 6.13. The molecule has 0 saturated heterocycles. The molecule has 0 bridgehead atoms. The fraction of sp³-hybridized carbons (Fsp3) is 1.00. The van der Waals surface area contributed by atoms with Crippen LogP contribution in [0.15, 0.2) is 0 Å². The Bertz CT molecular complexity index is 153. The van der Waals surface area contributed by atoms with Crippen LogP contribution in [0.5, 0.6) is 0 Å². The van der Waals surface area contributed by atoms with Crippen LogP contribution in [0, 0.1) is 0 Å². The lowest BCUT2D eigenvalue weighted by Crippen LogP contribution is -2.02. The molecular formula is C19H40O2. The maximum Gasteiger partial charge on any atom is 0.0700 e. The van der Waals surface area contributed by atoms with Crippen molar-refractivity contribution in [3.05, 3.63) is 0 Å². The quantitative estimate of drug-likeness (QED) is 0.283. The third-order valence-electron chi connectivity index (χ3n) is 4.07. The summed E-state index contributed by atoms with van der Waals surface area (Å²) >= 11 is 0. The zero-order chi connectivity index (χ0) is 15.4. The average molecular weight is 301 g/mol. The van der Waals surface area contributed by atoms with Crippen LogP contribution in [-0.2, 0) is 9.47 Å². The second kappa shape index (κ2) is 19.9. The molecule has 128 valence electrons. The molecule has 0 amide bonds. The molecule has 2 nitrogen and oxygen atoms in total. The molecule has 0 radical (unpaired) electrons. The third kappa shape index (κ3) is 19.9. The molecule has 21 heavy (non-hydrogen) atoms. The highest BCUT2D eigenvalue weighted by atomic mass is 16.5. The smallest absolute Gasteiger partial charge is 0.0700 e. The standard InChI is InChI=1S/C19H40O2/c1-3-4-5-6-7-8-9-10-11-12-13-14-15-16-17-21-19-18-20-2/h3-19H2,1-2H3. The Morgan fingerprint density at radius 2 is 0.905 bits per heavy atom. The van der Waals surface area contributed by atoms with Gasteiger partial charge in [-0.1, -0.05) is 90.4 Å². The van der Waals surface area contributed by atoms with Crippen molar-refractivity contribution in [1.29, 1.82) is 0 Å². The molecule has 0 N–H and O–H groups in total. The molecule has 0 spiro atoms. The van der Waals surface area contributed by atoms with Gasteiger partial charge in [-0.05, 0) is 6.42 Å². The molecule has 2 heteroatoms. The summed E-state index contributed by atoms with van der Waals surface area (Å²) in [6.45, 7) is 4.66. The van der Waals surface area contributed by atoms with Crippen LogP contribution in [0.2, 0.25) is 0 Å². The van der Waals surface area contributed by atoms with Crippen LogP contribution < -0.4 is 0 Å². The van der Waals surface area contributed by atoms with E-state index in [1.807, 2.05) is 0 Å². The van der Waals surface area contributed by atoms with Gasteiger partial charge in [-0.25, -0.2) is 0 Å². The van der Waals surface area contributed by atoms with Crippen LogP contribution >= 0.6 is 0 Å². The lowest BCUT2D eigenvalue weighted by molar-refractivity contribution is 0.0685. The molecule has 0 aromatic carbocycles. The molecule has 0 unspecified atom stereocenters. The molecular weight excluding hydrogens is 260 g/mol. The molecule has 0 fully saturated rings. The SMILES string of the molecule is CCCCCCCCCCCCCCCCOCCOC. The van der Waals surface area contributed by atoms with E-state index in [4.69, 9.17) is 9.47 Å². The first-order chi connectivity index (χ1) is 10.4. The van der Waals surface area contributed by atoms with Crippen LogP contribution in [0.1, 0.15) is 96.8 Å². The highest BCUT2D eigenvalue weighted by Crippen LogP contribution is 2.12. The van der Waals surface area contributed by atoms with Crippen molar-refractivity contribution in [3.63, 3.8) is 0 Å². The predicted molar refractivity (Wildman–Crippen MR) is 93.0 cm³/mol. The first-order valence-electron chi connectivity index (χ1n) is 9.48. The van der Waals surface area contributed by atoms with Gasteiger partial charge in [0.2, 0.25) is 0 Å². The Labute approximate surface area is 134 Å². The molecule has 0 aliphatic heterocycles. The van der Waals surface area contributed by atoms with Crippen LogP contribution in [0.3, 0.4) is 0 Å². The van der Waals surface area contributed by atoms with Gasteiger partial charge in [-0.3, -0.25) is 0 Å². The number of unbranched alkanes of at least 4 members (excludes halogenated alkanes) is 13. The minimum absolute atomic E-state index is 0.721. The Balaban J connectivity index is 2.90. The summed E-state index contributed by atoms with van der Waals surface area (Å²) in [5.74, 6) is 0. The van der Waals surface area contributed by atoms with E-state index in [1.54, 1.807) is 7.11 Å². The third-order valence-corrected chi connectivity index (χ3v) is 4.07. The summed E-state index contributed by atoms with van der Waals surface area (Å²) < 4.78 is 10.4. The topological polar surface area (TPSA) is 18.5 Å². The number of hydrogen-bond acceptors (Lipinski definition) is 2. The van der Waals surface area contributed by atoms with E-state index in [-0.39, 0.29) is 0 Å². The Morgan fingerprint density at radius 1 is 0.476 bits per heavy atom. The van der Waals surface area contributed by atoms with E-state index < -0.39 is 0 Å². The lowest BCUT2D eigenvalue weighted by atomic mass is 10.0. The summed E-state index contributed by atoms with van der Waals surface area (Å²) in [6.07, 6.45) is 19.7. The minimum atomic E-state index is 0.721. The molecule has 0 aliphatic rings.